The van der Waals surface area contributed by atoms with Crippen LogP contribution in [-0.2, 0) is 6.54 Å². The van der Waals surface area contributed by atoms with E-state index < -0.39 is 0 Å². The first-order valence-electron chi connectivity index (χ1n) is 6.71. The van der Waals surface area contributed by atoms with Gasteiger partial charge in [-0.25, -0.2) is 4.79 Å². The van der Waals surface area contributed by atoms with E-state index in [0.717, 1.165) is 18.5 Å². The molecule has 1 heterocycles. The predicted molar refractivity (Wildman–Crippen MR) is 79.4 cm³/mol. The van der Waals surface area contributed by atoms with Crippen LogP contribution in [0, 0.1) is 6.92 Å². The number of aromatic nitrogens is 3. The van der Waals surface area contributed by atoms with Crippen LogP contribution in [0.4, 0.5) is 10.5 Å². The molecule has 0 saturated carbocycles. The summed E-state index contributed by atoms with van der Waals surface area (Å²) in [5, 5.41) is 13.0. The zero-order valence-corrected chi connectivity index (χ0v) is 12.2. The number of hydrogen-bond donors (Lipinski definition) is 2. The minimum Gasteiger partial charge on any atom is -0.495 e. The van der Waals surface area contributed by atoms with E-state index in [0.29, 0.717) is 18.0 Å². The summed E-state index contributed by atoms with van der Waals surface area (Å²) >= 11 is 0. The van der Waals surface area contributed by atoms with Crippen LogP contribution >= 0.6 is 0 Å². The SMILES string of the molecule is COc1ccc(C)cc1NC(=O)NCCCn1cnnc1. The zero-order valence-electron chi connectivity index (χ0n) is 12.2. The molecule has 2 N–H and O–H groups in total. The molecule has 7 heteroatoms. The van der Waals surface area contributed by atoms with Crippen molar-refractivity contribution in [1.29, 1.82) is 0 Å². The molecule has 0 aliphatic heterocycles. The van der Waals surface area contributed by atoms with Gasteiger partial charge in [-0.15, -0.1) is 10.2 Å². The maximum atomic E-state index is 11.8. The highest BCUT2D eigenvalue weighted by atomic mass is 16.5. The summed E-state index contributed by atoms with van der Waals surface area (Å²) in [5.74, 6) is 0.639. The van der Waals surface area contributed by atoms with E-state index in [9.17, 15) is 4.79 Å². The van der Waals surface area contributed by atoms with Crippen molar-refractivity contribution in [2.24, 2.45) is 0 Å². The van der Waals surface area contributed by atoms with E-state index in [1.54, 1.807) is 19.8 Å². The van der Waals surface area contributed by atoms with Crippen molar-refractivity contribution in [1.82, 2.24) is 20.1 Å². The second-order valence-corrected chi connectivity index (χ2v) is 4.64. The van der Waals surface area contributed by atoms with E-state index in [-0.39, 0.29) is 6.03 Å². The number of benzene rings is 1. The van der Waals surface area contributed by atoms with Crippen LogP contribution in [0.15, 0.2) is 30.9 Å². The minimum atomic E-state index is -0.248. The Labute approximate surface area is 123 Å². The largest absolute Gasteiger partial charge is 0.495 e. The molecule has 0 fully saturated rings. The fourth-order valence-corrected chi connectivity index (χ4v) is 1.89. The quantitative estimate of drug-likeness (QED) is 0.795. The second kappa shape index (κ2) is 7.28. The molecule has 2 amide bonds. The molecule has 0 spiro atoms. The number of nitrogens with zero attached hydrogens (tertiary/aromatic N) is 3. The highest BCUT2D eigenvalue weighted by Gasteiger charge is 2.07. The zero-order chi connectivity index (χ0) is 15.1. The van der Waals surface area contributed by atoms with Gasteiger partial charge in [0, 0.05) is 13.1 Å². The van der Waals surface area contributed by atoms with Crippen molar-refractivity contribution < 1.29 is 9.53 Å². The fraction of sp³-hybridized carbons (Fsp3) is 0.357. The number of rotatable bonds is 6. The smallest absolute Gasteiger partial charge is 0.319 e. The molecular formula is C14H19N5O2. The van der Waals surface area contributed by atoms with Gasteiger partial charge in [0.25, 0.3) is 0 Å². The van der Waals surface area contributed by atoms with E-state index in [1.807, 2.05) is 29.7 Å². The molecule has 0 unspecified atom stereocenters. The van der Waals surface area contributed by atoms with Gasteiger partial charge in [0.1, 0.15) is 18.4 Å². The maximum absolute atomic E-state index is 11.8. The van der Waals surface area contributed by atoms with Crippen LogP contribution in [0.25, 0.3) is 0 Å². The topological polar surface area (TPSA) is 81.1 Å². The van der Waals surface area contributed by atoms with Crippen LogP contribution in [0.3, 0.4) is 0 Å². The molecule has 1 aromatic carbocycles. The van der Waals surface area contributed by atoms with Crippen molar-refractivity contribution in [2.45, 2.75) is 19.9 Å². The second-order valence-electron chi connectivity index (χ2n) is 4.64. The first-order valence-corrected chi connectivity index (χ1v) is 6.71. The van der Waals surface area contributed by atoms with E-state index >= 15 is 0 Å². The summed E-state index contributed by atoms with van der Waals surface area (Å²) in [6.07, 6.45) is 4.10. The van der Waals surface area contributed by atoms with Gasteiger partial charge in [0.05, 0.1) is 12.8 Å². The lowest BCUT2D eigenvalue weighted by molar-refractivity contribution is 0.251. The third-order valence-electron chi connectivity index (χ3n) is 2.95. The van der Waals surface area contributed by atoms with E-state index in [1.165, 1.54) is 0 Å². The lowest BCUT2D eigenvalue weighted by Crippen LogP contribution is -2.30. The Kier molecular flexibility index (Phi) is 5.14. The number of anilines is 1. The van der Waals surface area contributed by atoms with Gasteiger partial charge in [0.15, 0.2) is 0 Å². The molecule has 112 valence electrons. The van der Waals surface area contributed by atoms with E-state index in [4.69, 9.17) is 4.74 Å². The number of methoxy groups -OCH3 is 1. The Morgan fingerprint density at radius 3 is 2.81 bits per heavy atom. The van der Waals surface area contributed by atoms with Crippen LogP contribution in [0.5, 0.6) is 5.75 Å². The number of nitrogens with one attached hydrogen (secondary N) is 2. The van der Waals surface area contributed by atoms with Gasteiger partial charge in [-0.1, -0.05) is 6.07 Å². The molecule has 2 rings (SSSR count). The monoisotopic (exact) mass is 289 g/mol. The standard InChI is InChI=1S/C14H19N5O2/c1-11-4-5-13(21-2)12(8-11)18-14(20)15-6-3-7-19-9-16-17-10-19/h4-5,8-10H,3,6-7H2,1-2H3,(H2,15,18,20). The van der Waals surface area contributed by atoms with Gasteiger partial charge in [-0.05, 0) is 31.0 Å². The Hall–Kier alpha value is -2.57. The molecule has 0 radical (unpaired) electrons. The molecule has 0 atom stereocenters. The van der Waals surface area contributed by atoms with Crippen LogP contribution in [0.1, 0.15) is 12.0 Å². The summed E-state index contributed by atoms with van der Waals surface area (Å²) in [6.45, 7) is 3.29. The number of urea groups is 1. The van der Waals surface area contributed by atoms with Gasteiger partial charge < -0.3 is 19.9 Å². The Morgan fingerprint density at radius 2 is 2.10 bits per heavy atom. The maximum Gasteiger partial charge on any atom is 0.319 e. The summed E-state index contributed by atoms with van der Waals surface area (Å²) in [4.78, 5) is 11.8. The first kappa shape index (κ1) is 14.8. The molecule has 21 heavy (non-hydrogen) atoms. The average molecular weight is 289 g/mol. The number of carbonyl (C=O) groups excluding carboxylic acids is 1. The highest BCUT2D eigenvalue weighted by molar-refractivity contribution is 5.91. The number of carbonyl (C=O) groups is 1. The van der Waals surface area contributed by atoms with Crippen LogP contribution in [0.2, 0.25) is 0 Å². The molecule has 0 bridgehead atoms. The molecule has 0 saturated heterocycles. The molecule has 0 aliphatic carbocycles. The lowest BCUT2D eigenvalue weighted by atomic mass is 10.2. The average Bonchev–Trinajstić information content (AvgIpc) is 2.97. The number of amides is 2. The third kappa shape index (κ3) is 4.48. The van der Waals surface area contributed by atoms with Crippen LogP contribution < -0.4 is 15.4 Å². The van der Waals surface area contributed by atoms with Gasteiger partial charge in [-0.2, -0.15) is 0 Å². The number of ether oxygens (including phenoxy) is 1. The normalized spacial score (nSPS) is 10.2. The molecular weight excluding hydrogens is 270 g/mol. The number of hydrogen-bond acceptors (Lipinski definition) is 4. The van der Waals surface area contributed by atoms with Gasteiger partial charge >= 0.3 is 6.03 Å². The van der Waals surface area contributed by atoms with Crippen molar-refractivity contribution >= 4 is 11.7 Å². The molecule has 7 nitrogen and oxygen atoms in total. The van der Waals surface area contributed by atoms with Gasteiger partial charge in [-0.3, -0.25) is 0 Å². The Bertz CT molecular complexity index is 583. The molecule has 2 aromatic rings. The summed E-state index contributed by atoms with van der Waals surface area (Å²) in [5.41, 5.74) is 1.72. The highest BCUT2D eigenvalue weighted by Crippen LogP contribution is 2.24. The Morgan fingerprint density at radius 1 is 1.33 bits per heavy atom. The van der Waals surface area contributed by atoms with Crippen molar-refractivity contribution in [3.63, 3.8) is 0 Å². The fourth-order valence-electron chi connectivity index (χ4n) is 1.89. The van der Waals surface area contributed by atoms with Crippen molar-refractivity contribution in [3.05, 3.63) is 36.4 Å². The number of aryl methyl sites for hydroxylation is 2. The first-order chi connectivity index (χ1) is 10.2. The summed E-state index contributed by atoms with van der Waals surface area (Å²) in [7, 11) is 1.58. The van der Waals surface area contributed by atoms with E-state index in [2.05, 4.69) is 20.8 Å². The van der Waals surface area contributed by atoms with Crippen LogP contribution in [-0.4, -0.2) is 34.5 Å². The van der Waals surface area contributed by atoms with Crippen molar-refractivity contribution in [2.75, 3.05) is 19.0 Å². The predicted octanol–water partition coefficient (Wildman–Crippen LogP) is 1.81. The third-order valence-corrected chi connectivity index (χ3v) is 2.95. The van der Waals surface area contributed by atoms with Gasteiger partial charge in [0.2, 0.25) is 0 Å². The summed E-state index contributed by atoms with van der Waals surface area (Å²) < 4.78 is 7.08. The Balaban J connectivity index is 1.77. The van der Waals surface area contributed by atoms with Crippen molar-refractivity contribution in [3.8, 4) is 5.75 Å². The molecule has 1 aromatic heterocycles. The lowest BCUT2D eigenvalue weighted by Gasteiger charge is -2.12. The summed E-state index contributed by atoms with van der Waals surface area (Å²) in [6, 6.07) is 5.39. The molecule has 0 aliphatic rings. The minimum absolute atomic E-state index is 0.248.